The Hall–Kier alpha value is -1.59. The number of hydrogen-bond donors (Lipinski definition) is 2. The first kappa shape index (κ1) is 17.8. The molecule has 2 unspecified atom stereocenters. The van der Waals surface area contributed by atoms with Crippen LogP contribution in [0.2, 0.25) is 0 Å². The van der Waals surface area contributed by atoms with E-state index >= 15 is 0 Å². The molecule has 0 amide bonds. The Kier molecular flexibility index (Phi) is 4.27. The van der Waals surface area contributed by atoms with Crippen molar-refractivity contribution in [3.8, 4) is 11.5 Å². The van der Waals surface area contributed by atoms with Crippen molar-refractivity contribution in [1.82, 2.24) is 0 Å². The van der Waals surface area contributed by atoms with Crippen LogP contribution in [-0.4, -0.2) is 45.7 Å². The maximum Gasteiger partial charge on any atom is 0.240 e. The largest absolute Gasteiger partial charge is 0.493 e. The number of rotatable bonds is 6. The molecule has 4 aliphatic heterocycles. The Morgan fingerprint density at radius 1 is 1.12 bits per heavy atom. The van der Waals surface area contributed by atoms with E-state index in [0.29, 0.717) is 18.6 Å². The van der Waals surface area contributed by atoms with Crippen LogP contribution in [0.5, 0.6) is 11.5 Å². The van der Waals surface area contributed by atoms with Gasteiger partial charge in [-0.1, -0.05) is 13.3 Å². The zero-order valence-electron chi connectivity index (χ0n) is 16.5. The molecule has 0 aliphatic carbocycles. The summed E-state index contributed by atoms with van der Waals surface area (Å²) in [4.78, 5) is 16.3. The van der Waals surface area contributed by atoms with Crippen LogP contribution in [0.25, 0.3) is 0 Å². The molecule has 5 heteroatoms. The number of carbonyl (C=O) groups is 1. The van der Waals surface area contributed by atoms with Gasteiger partial charge in [0.25, 0.3) is 0 Å². The molecule has 26 heavy (non-hydrogen) atoms. The Balaban J connectivity index is 1.68. The second-order valence-electron chi connectivity index (χ2n) is 8.72. The number of ether oxygens (including phenoxy) is 2. The van der Waals surface area contributed by atoms with E-state index in [1.165, 1.54) is 5.56 Å². The van der Waals surface area contributed by atoms with Gasteiger partial charge < -0.3 is 9.47 Å². The average molecular weight is 360 g/mol. The summed E-state index contributed by atoms with van der Waals surface area (Å²) < 4.78 is 11.3. The topological polar surface area (TPSA) is 44.4 Å². The molecule has 4 heterocycles. The summed E-state index contributed by atoms with van der Waals surface area (Å²) in [5, 5.41) is 0. The van der Waals surface area contributed by atoms with Crippen LogP contribution in [0.15, 0.2) is 18.2 Å². The SMILES string of the molecule is CCCC12C[NH+]3CC(C)(C[NH+](C1)C3c1ccc(OCC)c(OC)c1)C2=O. The van der Waals surface area contributed by atoms with Gasteiger partial charge in [0.05, 0.1) is 32.4 Å². The Bertz CT molecular complexity index is 701. The molecule has 5 nitrogen and oxygen atoms in total. The summed E-state index contributed by atoms with van der Waals surface area (Å²) in [5.41, 5.74) is 1.05. The molecule has 0 saturated carbocycles. The highest BCUT2D eigenvalue weighted by Crippen LogP contribution is 2.40. The van der Waals surface area contributed by atoms with E-state index in [-0.39, 0.29) is 10.8 Å². The molecular weight excluding hydrogens is 328 g/mol. The number of piperidine rings is 2. The van der Waals surface area contributed by atoms with Crippen molar-refractivity contribution in [2.45, 2.75) is 39.8 Å². The predicted octanol–water partition coefficient (Wildman–Crippen LogP) is 0.265. The molecule has 4 fully saturated rings. The van der Waals surface area contributed by atoms with Crippen molar-refractivity contribution < 1.29 is 24.1 Å². The van der Waals surface area contributed by atoms with Crippen molar-refractivity contribution in [3.63, 3.8) is 0 Å². The highest BCUT2D eigenvalue weighted by Gasteiger charge is 2.69. The van der Waals surface area contributed by atoms with E-state index in [1.54, 1.807) is 16.9 Å². The van der Waals surface area contributed by atoms with E-state index in [9.17, 15) is 4.79 Å². The van der Waals surface area contributed by atoms with Crippen LogP contribution in [0.4, 0.5) is 0 Å². The molecule has 4 bridgehead atoms. The molecule has 1 aromatic carbocycles. The zero-order valence-corrected chi connectivity index (χ0v) is 16.5. The fourth-order valence-electron chi connectivity index (χ4n) is 6.16. The number of Topliss-reactive ketones (excluding diaryl/α,β-unsaturated/α-hetero) is 1. The van der Waals surface area contributed by atoms with Crippen LogP contribution >= 0.6 is 0 Å². The first-order chi connectivity index (χ1) is 12.5. The summed E-state index contributed by atoms with van der Waals surface area (Å²) in [5.74, 6) is 2.16. The third kappa shape index (κ3) is 2.48. The van der Waals surface area contributed by atoms with E-state index in [4.69, 9.17) is 9.47 Å². The Labute approximate surface area is 156 Å². The van der Waals surface area contributed by atoms with Crippen molar-refractivity contribution in [2.24, 2.45) is 10.8 Å². The smallest absolute Gasteiger partial charge is 0.240 e. The minimum Gasteiger partial charge on any atom is -0.493 e. The van der Waals surface area contributed by atoms with Gasteiger partial charge in [0.2, 0.25) is 6.17 Å². The molecule has 0 spiro atoms. The lowest BCUT2D eigenvalue weighted by atomic mass is 9.59. The highest BCUT2D eigenvalue weighted by atomic mass is 16.5. The molecular formula is C21H32N2O3+2. The van der Waals surface area contributed by atoms with Crippen molar-refractivity contribution >= 4 is 5.78 Å². The lowest BCUT2D eigenvalue weighted by Gasteiger charge is -2.59. The van der Waals surface area contributed by atoms with Gasteiger partial charge in [-0.15, -0.1) is 0 Å². The maximum atomic E-state index is 13.2. The van der Waals surface area contributed by atoms with E-state index in [0.717, 1.165) is 50.5 Å². The molecule has 5 rings (SSSR count). The Morgan fingerprint density at radius 3 is 2.38 bits per heavy atom. The third-order valence-electron chi connectivity index (χ3n) is 6.76. The van der Waals surface area contributed by atoms with Crippen LogP contribution < -0.4 is 19.3 Å². The van der Waals surface area contributed by atoms with Gasteiger partial charge in [-0.05, 0) is 38.5 Å². The van der Waals surface area contributed by atoms with Crippen molar-refractivity contribution in [2.75, 3.05) is 39.9 Å². The minimum absolute atomic E-state index is 0.101. The monoisotopic (exact) mass is 360 g/mol. The van der Waals surface area contributed by atoms with Crippen LogP contribution in [0.3, 0.4) is 0 Å². The summed E-state index contributed by atoms with van der Waals surface area (Å²) >= 11 is 0. The highest BCUT2D eigenvalue weighted by molar-refractivity contribution is 5.91. The van der Waals surface area contributed by atoms with Gasteiger partial charge in [0, 0.05) is 0 Å². The number of nitrogens with one attached hydrogen (secondary N) is 2. The zero-order chi connectivity index (χ0) is 18.5. The molecule has 142 valence electrons. The summed E-state index contributed by atoms with van der Waals surface area (Å²) in [7, 11) is 1.70. The second-order valence-corrected chi connectivity index (χ2v) is 8.72. The number of methoxy groups -OCH3 is 1. The van der Waals surface area contributed by atoms with Crippen molar-refractivity contribution in [3.05, 3.63) is 23.8 Å². The summed E-state index contributed by atoms with van der Waals surface area (Å²) in [6, 6.07) is 6.38. The van der Waals surface area contributed by atoms with Gasteiger partial charge in [0.1, 0.15) is 23.9 Å². The summed E-state index contributed by atoms with van der Waals surface area (Å²) in [6.45, 7) is 10.9. The first-order valence-electron chi connectivity index (χ1n) is 10.0. The number of benzene rings is 1. The van der Waals surface area contributed by atoms with Gasteiger partial charge in [-0.2, -0.15) is 0 Å². The van der Waals surface area contributed by atoms with Gasteiger partial charge in [0.15, 0.2) is 17.3 Å². The molecule has 2 atom stereocenters. The predicted molar refractivity (Wildman–Crippen MR) is 98.8 cm³/mol. The van der Waals surface area contributed by atoms with Crippen molar-refractivity contribution in [1.29, 1.82) is 0 Å². The summed E-state index contributed by atoms with van der Waals surface area (Å²) in [6.07, 6.45) is 2.52. The molecule has 4 aliphatic rings. The lowest BCUT2D eigenvalue weighted by molar-refractivity contribution is -1.18. The third-order valence-corrected chi connectivity index (χ3v) is 6.76. The van der Waals surface area contributed by atoms with E-state index < -0.39 is 0 Å². The fourth-order valence-corrected chi connectivity index (χ4v) is 6.16. The minimum atomic E-state index is -0.151. The maximum absolute atomic E-state index is 13.2. The first-order valence-corrected chi connectivity index (χ1v) is 10.0. The van der Waals surface area contributed by atoms with E-state index in [1.807, 2.05) is 13.0 Å². The van der Waals surface area contributed by atoms with Gasteiger partial charge in [-0.3, -0.25) is 14.6 Å². The second kappa shape index (κ2) is 6.24. The van der Waals surface area contributed by atoms with Crippen LogP contribution in [0, 0.1) is 10.8 Å². The number of ketones is 1. The normalized spacial score (nSPS) is 37.8. The van der Waals surface area contributed by atoms with Crippen LogP contribution in [0.1, 0.15) is 45.3 Å². The van der Waals surface area contributed by atoms with Crippen LogP contribution in [-0.2, 0) is 4.79 Å². The standard InChI is InChI=1S/C21H30N2O3/c1-5-9-21-13-22-11-20(3,19(21)24)12-23(14-21)18(22)15-7-8-16(26-6-2)17(10-15)25-4/h7-8,10,18H,5-6,9,11-14H2,1-4H3/p+2. The number of hydrogen-bond acceptors (Lipinski definition) is 3. The molecule has 1 aromatic rings. The van der Waals surface area contributed by atoms with Gasteiger partial charge in [-0.25, -0.2) is 0 Å². The number of carbonyl (C=O) groups excluding carboxylic acids is 1. The van der Waals surface area contributed by atoms with E-state index in [2.05, 4.69) is 26.0 Å². The van der Waals surface area contributed by atoms with Gasteiger partial charge >= 0.3 is 0 Å². The quantitative estimate of drug-likeness (QED) is 0.765. The molecule has 0 radical (unpaired) electrons. The Morgan fingerprint density at radius 2 is 1.81 bits per heavy atom. The fraction of sp³-hybridized carbons (Fsp3) is 0.667. The molecule has 4 saturated heterocycles. The molecule has 2 N–H and O–H groups in total. The lowest BCUT2D eigenvalue weighted by Crippen LogP contribution is -3.41. The molecule has 0 aromatic heterocycles. The average Bonchev–Trinajstić information content (AvgIpc) is 2.60. The number of quaternary nitrogens is 2.